The Balaban J connectivity index is 1.45. The third kappa shape index (κ3) is 7.05. The van der Waals surface area contributed by atoms with Gasteiger partial charge in [0.25, 0.3) is 17.7 Å². The summed E-state index contributed by atoms with van der Waals surface area (Å²) in [5, 5.41) is 10.5. The molecule has 3 heterocycles. The third-order valence-electron chi connectivity index (χ3n) is 7.86. The Kier molecular flexibility index (Phi) is 9.73. The van der Waals surface area contributed by atoms with E-state index in [0.29, 0.717) is 58.7 Å². The summed E-state index contributed by atoms with van der Waals surface area (Å²) >= 11 is 0. The Bertz CT molecular complexity index is 1640. The molecule has 1 atom stereocenters. The van der Waals surface area contributed by atoms with Gasteiger partial charge in [-0.2, -0.15) is 5.10 Å². The molecular formula is C32H39N7O7. The molecule has 0 unspecified atom stereocenters. The van der Waals surface area contributed by atoms with Crippen LogP contribution >= 0.6 is 0 Å². The molecule has 2 aromatic carbocycles. The number of likely N-dealkylation sites (N-methyl/N-ethyl adjacent to an activating group) is 1. The van der Waals surface area contributed by atoms with Gasteiger partial charge < -0.3 is 34.6 Å². The standard InChI is InChI=1S/C32H39N7O7/c1-19(2)29-30-34-20(3)36-39(30)13-14-45-26-16-21(7-10-25(26)44-5)31(42)33-11-6-12-38(17-27(40)35-29)32(43)22-8-9-24-23(15-22)37(4)28(41)18-46-24/h7-10,15-16,19,29H,6,11-14,17-18H2,1-5H3,(H,33,42)(H,35,40)/t29-/m0/s1. The first-order chi connectivity index (χ1) is 22.0. The Morgan fingerprint density at radius 2 is 1.87 bits per heavy atom. The van der Waals surface area contributed by atoms with Crippen LogP contribution in [0, 0.1) is 12.8 Å². The van der Waals surface area contributed by atoms with Crippen LogP contribution in [0.2, 0.25) is 0 Å². The second-order valence-corrected chi connectivity index (χ2v) is 11.5. The van der Waals surface area contributed by atoms with Crippen molar-refractivity contribution >= 4 is 29.3 Å². The molecule has 244 valence electrons. The number of methoxy groups -OCH3 is 1. The number of aromatic nitrogens is 3. The van der Waals surface area contributed by atoms with Crippen LogP contribution in [0.15, 0.2) is 36.4 Å². The van der Waals surface area contributed by atoms with Gasteiger partial charge in [0.2, 0.25) is 5.91 Å². The van der Waals surface area contributed by atoms with Crippen LogP contribution in [-0.4, -0.2) is 90.3 Å². The monoisotopic (exact) mass is 633 g/mol. The quantitative estimate of drug-likeness (QED) is 0.441. The lowest BCUT2D eigenvalue weighted by Crippen LogP contribution is -2.44. The van der Waals surface area contributed by atoms with Gasteiger partial charge in [-0.3, -0.25) is 19.2 Å². The number of amides is 4. The molecule has 0 saturated heterocycles. The number of carbonyl (C=O) groups excluding carboxylic acids is 4. The minimum atomic E-state index is -0.498. The minimum Gasteiger partial charge on any atom is -0.493 e. The van der Waals surface area contributed by atoms with Crippen molar-refractivity contribution in [3.63, 3.8) is 0 Å². The first-order valence-electron chi connectivity index (χ1n) is 15.2. The molecule has 3 aromatic rings. The number of benzene rings is 2. The average molecular weight is 634 g/mol. The highest BCUT2D eigenvalue weighted by molar-refractivity contribution is 6.01. The Hall–Kier alpha value is -5.14. The summed E-state index contributed by atoms with van der Waals surface area (Å²) in [6.07, 6.45) is 0.373. The van der Waals surface area contributed by atoms with Crippen molar-refractivity contribution in [1.29, 1.82) is 0 Å². The summed E-state index contributed by atoms with van der Waals surface area (Å²) in [5.74, 6) is 1.08. The number of ether oxygens (including phenoxy) is 3. The number of anilines is 1. The molecule has 2 aliphatic heterocycles. The van der Waals surface area contributed by atoms with E-state index in [4.69, 9.17) is 14.2 Å². The van der Waals surface area contributed by atoms with Gasteiger partial charge in [0, 0.05) is 31.3 Å². The molecule has 14 heteroatoms. The van der Waals surface area contributed by atoms with Crippen LogP contribution in [0.1, 0.15) is 58.7 Å². The Labute approximate surface area is 267 Å². The first kappa shape index (κ1) is 32.3. The molecular weight excluding hydrogens is 594 g/mol. The molecule has 5 rings (SSSR count). The van der Waals surface area contributed by atoms with Crippen LogP contribution in [-0.2, 0) is 16.1 Å². The SMILES string of the molecule is COc1ccc2cc1OCCn1nc(C)nc1[C@H](C(C)C)NC(=O)CN(C(=O)c1ccc3c(c1)N(C)C(=O)CO3)CCCNC2=O. The molecule has 0 saturated carbocycles. The van der Waals surface area contributed by atoms with E-state index in [0.717, 1.165) is 0 Å². The Morgan fingerprint density at radius 3 is 2.63 bits per heavy atom. The number of rotatable bonds is 3. The number of fused-ring (bicyclic) bond motifs is 4. The van der Waals surface area contributed by atoms with Gasteiger partial charge in [-0.1, -0.05) is 13.8 Å². The third-order valence-corrected chi connectivity index (χ3v) is 7.86. The number of hydrogen-bond acceptors (Lipinski definition) is 9. The van der Waals surface area contributed by atoms with Crippen molar-refractivity contribution in [3.8, 4) is 17.2 Å². The zero-order valence-corrected chi connectivity index (χ0v) is 26.7. The van der Waals surface area contributed by atoms with E-state index in [1.54, 1.807) is 55.1 Å². The van der Waals surface area contributed by atoms with Gasteiger partial charge in [-0.15, -0.1) is 0 Å². The molecule has 0 aliphatic carbocycles. The highest BCUT2D eigenvalue weighted by Gasteiger charge is 2.29. The maximum absolute atomic E-state index is 13.9. The highest BCUT2D eigenvalue weighted by atomic mass is 16.5. The fourth-order valence-electron chi connectivity index (χ4n) is 5.38. The van der Waals surface area contributed by atoms with Gasteiger partial charge in [0.1, 0.15) is 24.0 Å². The highest BCUT2D eigenvalue weighted by Crippen LogP contribution is 2.32. The van der Waals surface area contributed by atoms with E-state index in [1.807, 2.05) is 13.8 Å². The summed E-state index contributed by atoms with van der Waals surface area (Å²) in [6.45, 7) is 6.33. The lowest BCUT2D eigenvalue weighted by atomic mass is 10.0. The summed E-state index contributed by atoms with van der Waals surface area (Å²) in [4.78, 5) is 60.2. The number of nitrogens with one attached hydrogen (secondary N) is 2. The number of nitrogens with zero attached hydrogens (tertiary/aromatic N) is 5. The molecule has 46 heavy (non-hydrogen) atoms. The second-order valence-electron chi connectivity index (χ2n) is 11.5. The second kappa shape index (κ2) is 13.9. The maximum Gasteiger partial charge on any atom is 0.264 e. The minimum absolute atomic E-state index is 0.0531. The van der Waals surface area contributed by atoms with Gasteiger partial charge in [0.15, 0.2) is 18.1 Å². The first-order valence-corrected chi connectivity index (χ1v) is 15.2. The van der Waals surface area contributed by atoms with E-state index in [2.05, 4.69) is 20.7 Å². The fourth-order valence-corrected chi connectivity index (χ4v) is 5.38. The largest absolute Gasteiger partial charge is 0.493 e. The predicted molar refractivity (Wildman–Crippen MR) is 167 cm³/mol. The van der Waals surface area contributed by atoms with E-state index in [1.165, 1.54) is 16.9 Å². The molecule has 2 N–H and O–H groups in total. The molecule has 0 radical (unpaired) electrons. The van der Waals surface area contributed by atoms with Crippen LogP contribution in [0.4, 0.5) is 5.69 Å². The van der Waals surface area contributed by atoms with Crippen molar-refractivity contribution in [2.24, 2.45) is 5.92 Å². The lowest BCUT2D eigenvalue weighted by molar-refractivity contribution is -0.123. The summed E-state index contributed by atoms with van der Waals surface area (Å²) in [6, 6.07) is 9.29. The number of carbonyl (C=O) groups is 4. The average Bonchev–Trinajstić information content (AvgIpc) is 3.41. The van der Waals surface area contributed by atoms with Gasteiger partial charge in [0.05, 0.1) is 31.9 Å². The molecule has 1 aromatic heterocycles. The molecule has 14 nitrogen and oxygen atoms in total. The summed E-state index contributed by atoms with van der Waals surface area (Å²) in [7, 11) is 3.15. The molecule has 2 bridgehead atoms. The van der Waals surface area contributed by atoms with E-state index in [9.17, 15) is 19.2 Å². The fraction of sp³-hybridized carbons (Fsp3) is 0.438. The van der Waals surface area contributed by atoms with Crippen LogP contribution in [0.3, 0.4) is 0 Å². The van der Waals surface area contributed by atoms with E-state index < -0.39 is 11.9 Å². The number of hydrogen-bond donors (Lipinski definition) is 2. The van der Waals surface area contributed by atoms with Gasteiger partial charge in [-0.25, -0.2) is 9.67 Å². The summed E-state index contributed by atoms with van der Waals surface area (Å²) < 4.78 is 18.7. The maximum atomic E-state index is 13.9. The van der Waals surface area contributed by atoms with Gasteiger partial charge in [-0.05, 0) is 55.7 Å². The van der Waals surface area contributed by atoms with Crippen LogP contribution < -0.4 is 29.7 Å². The topological polar surface area (TPSA) is 157 Å². The van der Waals surface area contributed by atoms with Crippen LogP contribution in [0.5, 0.6) is 17.2 Å². The zero-order chi connectivity index (χ0) is 33.0. The van der Waals surface area contributed by atoms with Crippen LogP contribution in [0.25, 0.3) is 0 Å². The van der Waals surface area contributed by atoms with Crippen molar-refractivity contribution < 1.29 is 33.4 Å². The normalized spacial score (nSPS) is 17.9. The van der Waals surface area contributed by atoms with E-state index >= 15 is 0 Å². The lowest BCUT2D eigenvalue weighted by Gasteiger charge is -2.28. The van der Waals surface area contributed by atoms with Crippen molar-refractivity contribution in [2.45, 2.75) is 39.8 Å². The molecule has 4 amide bonds. The Morgan fingerprint density at radius 1 is 1.07 bits per heavy atom. The molecule has 2 aliphatic rings. The molecule has 0 spiro atoms. The predicted octanol–water partition coefficient (Wildman–Crippen LogP) is 2.12. The smallest absolute Gasteiger partial charge is 0.264 e. The number of aryl methyl sites for hydroxylation is 1. The summed E-state index contributed by atoms with van der Waals surface area (Å²) in [5.41, 5.74) is 1.15. The van der Waals surface area contributed by atoms with Crippen molar-refractivity contribution in [1.82, 2.24) is 30.3 Å². The van der Waals surface area contributed by atoms with Crippen molar-refractivity contribution in [2.75, 3.05) is 51.9 Å². The van der Waals surface area contributed by atoms with Crippen molar-refractivity contribution in [3.05, 3.63) is 59.2 Å². The van der Waals surface area contributed by atoms with E-state index in [-0.39, 0.29) is 56.5 Å². The zero-order valence-electron chi connectivity index (χ0n) is 26.7. The van der Waals surface area contributed by atoms with Gasteiger partial charge >= 0.3 is 0 Å². The molecule has 0 fully saturated rings.